The molecule has 0 spiro atoms. The normalized spacial score (nSPS) is 23.4. The van der Waals surface area contributed by atoms with Gasteiger partial charge in [0.05, 0.1) is 18.8 Å². The maximum atomic E-state index is 13.7. The number of aromatic nitrogens is 3. The van der Waals surface area contributed by atoms with Crippen LogP contribution in [0.15, 0.2) is 36.0 Å². The van der Waals surface area contributed by atoms with E-state index in [1.807, 2.05) is 0 Å². The lowest BCUT2D eigenvalue weighted by atomic mass is 9.93. The number of aromatic amines is 1. The molecule has 4 heterocycles. The lowest BCUT2D eigenvalue weighted by Gasteiger charge is -2.35. The third kappa shape index (κ3) is 4.98. The van der Waals surface area contributed by atoms with Crippen molar-refractivity contribution in [2.24, 2.45) is 5.92 Å². The number of nitrogens with one attached hydrogen (secondary N) is 2. The number of carbonyl (C=O) groups is 2. The van der Waals surface area contributed by atoms with E-state index in [2.05, 4.69) is 25.6 Å². The first-order valence-corrected chi connectivity index (χ1v) is 11.9. The number of ether oxygens (including phenoxy) is 2. The lowest BCUT2D eigenvalue weighted by molar-refractivity contribution is -0.274. The Morgan fingerprint density at radius 2 is 2.00 bits per heavy atom. The van der Waals surface area contributed by atoms with Gasteiger partial charge in [-0.1, -0.05) is 23.4 Å². The SMILES string of the molecule is COC1(C(=O)N2CCc3[nH]nnc3C2)C=C2C(Cc3ccccc3OC(F)(F)F)CN(C(=O)O)CCN2N1. The number of rotatable bonds is 5. The van der Waals surface area contributed by atoms with Gasteiger partial charge in [-0.15, -0.1) is 18.3 Å². The molecule has 38 heavy (non-hydrogen) atoms. The predicted octanol–water partition coefficient (Wildman–Crippen LogP) is 1.49. The fourth-order valence-corrected chi connectivity index (χ4v) is 5.10. The van der Waals surface area contributed by atoms with Gasteiger partial charge in [0.15, 0.2) is 0 Å². The highest BCUT2D eigenvalue weighted by Crippen LogP contribution is 2.36. The van der Waals surface area contributed by atoms with Crippen LogP contribution in [0.3, 0.4) is 0 Å². The number of carbonyl (C=O) groups excluding carboxylic acids is 1. The molecule has 0 aliphatic carbocycles. The number of amides is 2. The summed E-state index contributed by atoms with van der Waals surface area (Å²) in [6.45, 7) is 0.945. The van der Waals surface area contributed by atoms with E-state index in [4.69, 9.17) is 4.74 Å². The number of H-pyrrole nitrogens is 1. The Hall–Kier alpha value is -3.85. The van der Waals surface area contributed by atoms with Gasteiger partial charge in [0, 0.05) is 44.8 Å². The van der Waals surface area contributed by atoms with E-state index in [-0.39, 0.29) is 49.8 Å². The highest BCUT2D eigenvalue weighted by atomic mass is 19.4. The summed E-state index contributed by atoms with van der Waals surface area (Å²) < 4.78 is 49.0. The summed E-state index contributed by atoms with van der Waals surface area (Å²) in [7, 11) is 1.38. The molecular formula is C23H26F3N7O5. The molecular weight excluding hydrogens is 511 g/mol. The van der Waals surface area contributed by atoms with E-state index in [0.717, 1.165) is 5.69 Å². The molecule has 2 amide bonds. The Labute approximate surface area is 214 Å². The van der Waals surface area contributed by atoms with Gasteiger partial charge in [0.2, 0.25) is 5.72 Å². The van der Waals surface area contributed by atoms with Crippen LogP contribution in [-0.4, -0.2) is 92.7 Å². The number of hydrogen-bond donors (Lipinski definition) is 3. The summed E-state index contributed by atoms with van der Waals surface area (Å²) >= 11 is 0. The van der Waals surface area contributed by atoms with Crippen LogP contribution in [0.5, 0.6) is 5.75 Å². The van der Waals surface area contributed by atoms with Crippen molar-refractivity contribution in [1.29, 1.82) is 0 Å². The molecule has 1 aromatic heterocycles. The second-order valence-electron chi connectivity index (χ2n) is 9.27. The molecule has 1 aromatic carbocycles. The number of halogens is 3. The molecule has 12 nitrogen and oxygen atoms in total. The summed E-state index contributed by atoms with van der Waals surface area (Å²) in [5, 5.41) is 22.0. The van der Waals surface area contributed by atoms with Gasteiger partial charge in [0.25, 0.3) is 5.91 Å². The average molecular weight is 537 g/mol. The number of methoxy groups -OCH3 is 1. The monoisotopic (exact) mass is 537 g/mol. The molecule has 5 rings (SSSR count). The summed E-state index contributed by atoms with van der Waals surface area (Å²) in [5.74, 6) is -1.34. The Morgan fingerprint density at radius 1 is 1.21 bits per heavy atom. The zero-order valence-electron chi connectivity index (χ0n) is 20.4. The summed E-state index contributed by atoms with van der Waals surface area (Å²) in [6.07, 6.45) is -3.87. The van der Waals surface area contributed by atoms with Crippen molar-refractivity contribution < 1.29 is 37.3 Å². The van der Waals surface area contributed by atoms with Crippen LogP contribution in [0.2, 0.25) is 0 Å². The fourth-order valence-electron chi connectivity index (χ4n) is 5.10. The second kappa shape index (κ2) is 9.79. The largest absolute Gasteiger partial charge is 0.573 e. The van der Waals surface area contributed by atoms with Gasteiger partial charge in [-0.25, -0.2) is 4.79 Å². The first kappa shape index (κ1) is 25.8. The molecule has 3 N–H and O–H groups in total. The van der Waals surface area contributed by atoms with Crippen LogP contribution < -0.4 is 10.2 Å². The number of hydrogen-bond acceptors (Lipinski definition) is 8. The number of carboxylic acid groups (broad SMARTS) is 1. The molecule has 204 valence electrons. The Balaban J connectivity index is 1.46. The zero-order valence-corrected chi connectivity index (χ0v) is 20.4. The smallest absolute Gasteiger partial charge is 0.465 e. The van der Waals surface area contributed by atoms with Gasteiger partial charge >= 0.3 is 12.5 Å². The van der Waals surface area contributed by atoms with E-state index in [9.17, 15) is 27.9 Å². The van der Waals surface area contributed by atoms with E-state index < -0.39 is 24.1 Å². The third-order valence-corrected chi connectivity index (χ3v) is 6.95. The molecule has 1 saturated heterocycles. The molecule has 0 saturated carbocycles. The summed E-state index contributed by atoms with van der Waals surface area (Å²) in [4.78, 5) is 28.4. The maximum Gasteiger partial charge on any atom is 0.573 e. The lowest BCUT2D eigenvalue weighted by Crippen LogP contribution is -2.60. The third-order valence-electron chi connectivity index (χ3n) is 6.95. The minimum Gasteiger partial charge on any atom is -0.465 e. The second-order valence-corrected chi connectivity index (χ2v) is 9.27. The van der Waals surface area contributed by atoms with Gasteiger partial charge in [-0.05, 0) is 24.1 Å². The minimum absolute atomic E-state index is 0.000300. The van der Waals surface area contributed by atoms with Gasteiger partial charge < -0.3 is 29.4 Å². The molecule has 3 aliphatic heterocycles. The molecule has 0 radical (unpaired) electrons. The van der Waals surface area contributed by atoms with Crippen molar-refractivity contribution in [2.75, 3.05) is 33.3 Å². The van der Waals surface area contributed by atoms with Crippen molar-refractivity contribution in [1.82, 2.24) is 35.6 Å². The van der Waals surface area contributed by atoms with Crippen LogP contribution in [0.1, 0.15) is 17.0 Å². The van der Waals surface area contributed by atoms with Crippen LogP contribution in [0, 0.1) is 5.92 Å². The van der Waals surface area contributed by atoms with Crippen molar-refractivity contribution in [3.63, 3.8) is 0 Å². The predicted molar refractivity (Wildman–Crippen MR) is 123 cm³/mol. The highest BCUT2D eigenvalue weighted by Gasteiger charge is 2.49. The van der Waals surface area contributed by atoms with Crippen molar-refractivity contribution in [3.05, 3.63) is 53.0 Å². The molecule has 2 unspecified atom stereocenters. The molecule has 2 atom stereocenters. The maximum absolute atomic E-state index is 13.7. The summed E-state index contributed by atoms with van der Waals surface area (Å²) in [6, 6.07) is 5.73. The standard InChI is InChI=1S/C23H26F3N7O5/c1-37-22(20(34)31-7-6-16-17(13-31)28-30-27-16)11-18-15(12-32(21(35)36)8-9-33(18)29-22)10-14-4-2-3-5-19(14)38-23(24,25)26/h2-5,11,15,29H,6-10,12-13H2,1H3,(H,35,36)(H,27,28,30). The topological polar surface area (TPSA) is 136 Å². The van der Waals surface area contributed by atoms with E-state index in [0.29, 0.717) is 24.4 Å². The van der Waals surface area contributed by atoms with Gasteiger partial charge in [-0.3, -0.25) is 9.89 Å². The van der Waals surface area contributed by atoms with Crippen LogP contribution >= 0.6 is 0 Å². The number of benzene rings is 1. The molecule has 15 heteroatoms. The van der Waals surface area contributed by atoms with Gasteiger partial charge in [0.1, 0.15) is 11.4 Å². The summed E-state index contributed by atoms with van der Waals surface area (Å²) in [5.41, 5.74) is 3.83. The number of hydrazine groups is 1. The molecule has 0 bridgehead atoms. The quantitative estimate of drug-likeness (QED) is 0.518. The number of nitrogens with zero attached hydrogens (tertiary/aromatic N) is 5. The van der Waals surface area contributed by atoms with E-state index in [1.165, 1.54) is 30.2 Å². The first-order chi connectivity index (χ1) is 18.1. The molecule has 1 fully saturated rings. The van der Waals surface area contributed by atoms with Gasteiger partial charge in [-0.2, -0.15) is 5.43 Å². The Kier molecular flexibility index (Phi) is 6.65. The van der Waals surface area contributed by atoms with E-state index >= 15 is 0 Å². The Bertz CT molecular complexity index is 1250. The molecule has 2 aromatic rings. The first-order valence-electron chi connectivity index (χ1n) is 11.9. The van der Waals surface area contributed by atoms with Crippen LogP contribution in [0.4, 0.5) is 18.0 Å². The number of para-hydroxylation sites is 1. The average Bonchev–Trinajstić information content (AvgIpc) is 3.46. The van der Waals surface area contributed by atoms with Crippen LogP contribution in [-0.2, 0) is 28.9 Å². The van der Waals surface area contributed by atoms with E-state index in [1.54, 1.807) is 22.1 Å². The fraction of sp³-hybridized carbons (Fsp3) is 0.478. The van der Waals surface area contributed by atoms with Crippen molar-refractivity contribution in [3.8, 4) is 5.75 Å². The van der Waals surface area contributed by atoms with Crippen molar-refractivity contribution >= 4 is 12.0 Å². The Morgan fingerprint density at radius 3 is 2.74 bits per heavy atom. The van der Waals surface area contributed by atoms with Crippen LogP contribution in [0.25, 0.3) is 0 Å². The zero-order chi connectivity index (χ0) is 27.1. The number of fused-ring (bicyclic) bond motifs is 2. The minimum atomic E-state index is -4.89. The van der Waals surface area contributed by atoms with Crippen molar-refractivity contribution in [2.45, 2.75) is 31.5 Å². The number of alkyl halides is 3. The molecule has 3 aliphatic rings. The highest BCUT2D eigenvalue weighted by molar-refractivity contribution is 5.88.